The van der Waals surface area contributed by atoms with Crippen molar-refractivity contribution in [1.29, 1.82) is 0 Å². The van der Waals surface area contributed by atoms with Gasteiger partial charge in [-0.25, -0.2) is 4.79 Å². The van der Waals surface area contributed by atoms with Crippen LogP contribution in [0, 0.1) is 11.8 Å². The van der Waals surface area contributed by atoms with E-state index in [-0.39, 0.29) is 17.9 Å². The Morgan fingerprint density at radius 2 is 2.12 bits per heavy atom. The van der Waals surface area contributed by atoms with Crippen LogP contribution in [-0.2, 0) is 9.53 Å². The molecule has 0 unspecified atom stereocenters. The Hall–Kier alpha value is -1.26. The Bertz CT molecular complexity index is 335. The molecule has 2 atom stereocenters. The molecule has 2 heterocycles. The van der Waals surface area contributed by atoms with E-state index in [4.69, 9.17) is 4.74 Å². The predicted molar refractivity (Wildman–Crippen MR) is 62.4 cm³/mol. The minimum atomic E-state index is -0.480. The second kappa shape index (κ2) is 4.20. The third-order valence-corrected chi connectivity index (χ3v) is 3.12. The van der Waals surface area contributed by atoms with E-state index in [0.717, 1.165) is 6.42 Å². The van der Waals surface area contributed by atoms with Crippen LogP contribution >= 0.6 is 0 Å². The summed E-state index contributed by atoms with van der Waals surface area (Å²) in [7, 11) is 0. The molecule has 96 valence electrons. The predicted octanol–water partition coefficient (Wildman–Crippen LogP) is 0.989. The number of likely N-dealkylation sites (tertiary alicyclic amines) is 1. The maximum Gasteiger partial charge on any atom is 0.410 e. The second-order valence-electron chi connectivity index (χ2n) is 5.93. The molecule has 5 nitrogen and oxygen atoms in total. The van der Waals surface area contributed by atoms with Gasteiger partial charge in [0.15, 0.2) is 0 Å². The minimum Gasteiger partial charge on any atom is -0.444 e. The first-order chi connectivity index (χ1) is 7.85. The summed E-state index contributed by atoms with van der Waals surface area (Å²) >= 11 is 0. The van der Waals surface area contributed by atoms with E-state index >= 15 is 0 Å². The molecule has 0 aromatic carbocycles. The van der Waals surface area contributed by atoms with Crippen molar-refractivity contribution < 1.29 is 14.3 Å². The number of hydrogen-bond acceptors (Lipinski definition) is 3. The fourth-order valence-electron chi connectivity index (χ4n) is 2.41. The Kier molecular flexibility index (Phi) is 3.02. The summed E-state index contributed by atoms with van der Waals surface area (Å²) in [4.78, 5) is 25.2. The molecular weight excluding hydrogens is 220 g/mol. The summed E-state index contributed by atoms with van der Waals surface area (Å²) in [5.41, 5.74) is -0.480. The van der Waals surface area contributed by atoms with Crippen molar-refractivity contribution >= 4 is 12.0 Å². The van der Waals surface area contributed by atoms with Crippen LogP contribution in [0.2, 0.25) is 0 Å². The van der Waals surface area contributed by atoms with Gasteiger partial charge in [-0.2, -0.15) is 0 Å². The summed E-state index contributed by atoms with van der Waals surface area (Å²) in [5, 5.41) is 2.87. The fraction of sp³-hybridized carbons (Fsp3) is 0.833. The SMILES string of the molecule is CC(C)(C)OC(=O)N1C[C@@H]2CNC(=O)[C@H](C2)C1. The van der Waals surface area contributed by atoms with Gasteiger partial charge >= 0.3 is 6.09 Å². The first-order valence-electron chi connectivity index (χ1n) is 6.11. The van der Waals surface area contributed by atoms with Crippen molar-refractivity contribution in [1.82, 2.24) is 10.2 Å². The molecule has 2 bridgehead atoms. The Labute approximate surface area is 101 Å². The van der Waals surface area contributed by atoms with Gasteiger partial charge in [-0.3, -0.25) is 4.79 Å². The standard InChI is InChI=1S/C12H20N2O3/c1-12(2,3)17-11(16)14-6-8-4-9(7-14)10(15)13-5-8/h8-9H,4-7H2,1-3H3,(H,13,15)/t8-,9+/m0/s1. The third-order valence-electron chi connectivity index (χ3n) is 3.12. The van der Waals surface area contributed by atoms with Gasteiger partial charge in [0.1, 0.15) is 5.60 Å². The zero-order chi connectivity index (χ0) is 12.6. The minimum absolute atomic E-state index is 0.0602. The highest BCUT2D eigenvalue weighted by Gasteiger charge is 2.38. The zero-order valence-electron chi connectivity index (χ0n) is 10.7. The average Bonchev–Trinajstić information content (AvgIpc) is 2.21. The number of rotatable bonds is 0. The van der Waals surface area contributed by atoms with E-state index in [1.165, 1.54) is 0 Å². The number of amides is 2. The van der Waals surface area contributed by atoms with Gasteiger partial charge < -0.3 is 15.0 Å². The quantitative estimate of drug-likeness (QED) is 0.687. The van der Waals surface area contributed by atoms with Gasteiger partial charge in [0, 0.05) is 19.6 Å². The highest BCUT2D eigenvalue weighted by molar-refractivity contribution is 5.81. The molecule has 2 fully saturated rings. The number of fused-ring (bicyclic) bond motifs is 2. The summed E-state index contributed by atoms with van der Waals surface area (Å²) in [6.07, 6.45) is 0.590. The van der Waals surface area contributed by atoms with Crippen molar-refractivity contribution in [3.05, 3.63) is 0 Å². The smallest absolute Gasteiger partial charge is 0.410 e. The number of piperidine rings is 2. The van der Waals surface area contributed by atoms with Crippen LogP contribution < -0.4 is 5.32 Å². The number of hydrogen-bond donors (Lipinski definition) is 1. The largest absolute Gasteiger partial charge is 0.444 e. The van der Waals surface area contributed by atoms with Crippen molar-refractivity contribution in [2.75, 3.05) is 19.6 Å². The second-order valence-corrected chi connectivity index (χ2v) is 5.93. The van der Waals surface area contributed by atoms with E-state index in [2.05, 4.69) is 5.32 Å². The van der Waals surface area contributed by atoms with Crippen LogP contribution in [0.4, 0.5) is 4.79 Å². The van der Waals surface area contributed by atoms with Crippen molar-refractivity contribution in [2.45, 2.75) is 32.8 Å². The lowest BCUT2D eigenvalue weighted by Crippen LogP contribution is -2.55. The van der Waals surface area contributed by atoms with E-state index in [9.17, 15) is 9.59 Å². The van der Waals surface area contributed by atoms with E-state index in [0.29, 0.717) is 25.6 Å². The van der Waals surface area contributed by atoms with Crippen molar-refractivity contribution in [3.8, 4) is 0 Å². The van der Waals surface area contributed by atoms with Gasteiger partial charge in [-0.15, -0.1) is 0 Å². The molecular formula is C12H20N2O3. The monoisotopic (exact) mass is 240 g/mol. The molecule has 17 heavy (non-hydrogen) atoms. The topological polar surface area (TPSA) is 58.6 Å². The number of nitrogens with one attached hydrogen (secondary N) is 1. The summed E-state index contributed by atoms with van der Waals surface area (Å²) in [6.45, 7) is 7.39. The highest BCUT2D eigenvalue weighted by Crippen LogP contribution is 2.26. The lowest BCUT2D eigenvalue weighted by molar-refractivity contribution is -0.130. The van der Waals surface area contributed by atoms with Gasteiger partial charge in [0.25, 0.3) is 0 Å². The van der Waals surface area contributed by atoms with Crippen LogP contribution in [0.1, 0.15) is 27.2 Å². The molecule has 1 N–H and O–H groups in total. The molecule has 5 heteroatoms. The molecule has 2 aliphatic rings. The van der Waals surface area contributed by atoms with Crippen molar-refractivity contribution in [3.63, 3.8) is 0 Å². The number of nitrogens with zero attached hydrogens (tertiary/aromatic N) is 1. The molecule has 0 spiro atoms. The molecule has 0 aromatic heterocycles. The van der Waals surface area contributed by atoms with Gasteiger partial charge in [-0.05, 0) is 33.1 Å². The number of carbonyl (C=O) groups excluding carboxylic acids is 2. The summed E-state index contributed by atoms with van der Waals surface area (Å²) < 4.78 is 5.33. The summed E-state index contributed by atoms with van der Waals surface area (Å²) in [5.74, 6) is 0.378. The average molecular weight is 240 g/mol. The van der Waals surface area contributed by atoms with Crippen LogP contribution in [-0.4, -0.2) is 42.1 Å². The van der Waals surface area contributed by atoms with Crippen molar-refractivity contribution in [2.24, 2.45) is 11.8 Å². The molecule has 2 rings (SSSR count). The lowest BCUT2D eigenvalue weighted by atomic mass is 9.85. The molecule has 0 radical (unpaired) electrons. The molecule has 2 aliphatic heterocycles. The maximum atomic E-state index is 11.9. The van der Waals surface area contributed by atoms with E-state index in [1.807, 2.05) is 20.8 Å². The van der Waals surface area contributed by atoms with E-state index < -0.39 is 5.60 Å². The third kappa shape index (κ3) is 2.90. The van der Waals surface area contributed by atoms with Gasteiger partial charge in [-0.1, -0.05) is 0 Å². The Morgan fingerprint density at radius 1 is 1.41 bits per heavy atom. The molecule has 2 amide bonds. The van der Waals surface area contributed by atoms with Crippen LogP contribution in [0.5, 0.6) is 0 Å². The normalized spacial score (nSPS) is 28.6. The number of carbonyl (C=O) groups is 2. The van der Waals surface area contributed by atoms with Crippen LogP contribution in [0.15, 0.2) is 0 Å². The molecule has 0 saturated carbocycles. The highest BCUT2D eigenvalue weighted by atomic mass is 16.6. The summed E-state index contributed by atoms with van der Waals surface area (Å²) in [6, 6.07) is 0. The number of ether oxygens (including phenoxy) is 1. The molecule has 0 aliphatic carbocycles. The molecule has 2 saturated heterocycles. The Balaban J connectivity index is 1.99. The van der Waals surface area contributed by atoms with Gasteiger partial charge in [0.05, 0.1) is 5.92 Å². The van der Waals surface area contributed by atoms with Gasteiger partial charge in [0.2, 0.25) is 5.91 Å². The first-order valence-corrected chi connectivity index (χ1v) is 6.11. The molecule has 0 aromatic rings. The maximum absolute atomic E-state index is 11.9. The fourth-order valence-corrected chi connectivity index (χ4v) is 2.41. The lowest BCUT2D eigenvalue weighted by Gasteiger charge is -2.40. The first kappa shape index (κ1) is 12.2. The van der Waals surface area contributed by atoms with E-state index in [1.54, 1.807) is 4.90 Å². The van der Waals surface area contributed by atoms with Crippen LogP contribution in [0.3, 0.4) is 0 Å². The Morgan fingerprint density at radius 3 is 2.76 bits per heavy atom. The zero-order valence-corrected chi connectivity index (χ0v) is 10.7. The van der Waals surface area contributed by atoms with Crippen LogP contribution in [0.25, 0.3) is 0 Å².